The molecule has 1 atom stereocenters. The largest absolute Gasteiger partial charge is 0.321 e. The summed E-state index contributed by atoms with van der Waals surface area (Å²) < 4.78 is 2.07. The molecule has 0 saturated heterocycles. The van der Waals surface area contributed by atoms with E-state index in [9.17, 15) is 4.79 Å². The highest BCUT2D eigenvalue weighted by molar-refractivity contribution is 5.81. The van der Waals surface area contributed by atoms with E-state index in [-0.39, 0.29) is 11.6 Å². The van der Waals surface area contributed by atoms with Crippen molar-refractivity contribution in [2.45, 2.75) is 77.9 Å². The van der Waals surface area contributed by atoms with Crippen molar-refractivity contribution in [2.24, 2.45) is 0 Å². The van der Waals surface area contributed by atoms with E-state index in [1.54, 1.807) is 0 Å². The number of nitrogens with zero attached hydrogens (tertiary/aromatic N) is 5. The molecule has 1 saturated carbocycles. The summed E-state index contributed by atoms with van der Waals surface area (Å²) >= 11 is 0. The molecule has 0 unspecified atom stereocenters. The van der Waals surface area contributed by atoms with E-state index >= 15 is 0 Å². The topological polar surface area (TPSA) is 79.7 Å². The standard InChI is InChI=1S/C29H36N6O/c1-4-26(28-31-32-33-35(28)25-14-7-8-15-25)34(17-16-22-12-6-5-10-20(22)2)19-24-18-23-13-9-11-21(3)27(23)30-29(24)36/h5-6,9-13,18,25-26H,4,7-8,14-17,19H2,1-3H3,(H,30,36)/t26-/m1/s1. The number of aryl methyl sites for hydroxylation is 2. The van der Waals surface area contributed by atoms with Crippen molar-refractivity contribution in [3.8, 4) is 0 Å². The first-order valence-electron chi connectivity index (χ1n) is 13.2. The molecule has 2 aromatic heterocycles. The summed E-state index contributed by atoms with van der Waals surface area (Å²) in [4.78, 5) is 18.7. The summed E-state index contributed by atoms with van der Waals surface area (Å²) in [7, 11) is 0. The maximum Gasteiger partial charge on any atom is 0.252 e. The molecule has 1 N–H and O–H groups in total. The smallest absolute Gasteiger partial charge is 0.252 e. The normalized spacial score (nSPS) is 15.2. The number of H-pyrrole nitrogens is 1. The van der Waals surface area contributed by atoms with Crippen molar-refractivity contribution < 1.29 is 0 Å². The molecule has 1 fully saturated rings. The maximum absolute atomic E-state index is 13.2. The molecule has 1 aliphatic rings. The van der Waals surface area contributed by atoms with E-state index in [2.05, 4.69) is 80.3 Å². The van der Waals surface area contributed by atoms with Crippen molar-refractivity contribution in [3.63, 3.8) is 0 Å². The lowest BCUT2D eigenvalue weighted by Crippen LogP contribution is -2.34. The van der Waals surface area contributed by atoms with Gasteiger partial charge in [0.15, 0.2) is 5.82 Å². The zero-order valence-corrected chi connectivity index (χ0v) is 21.6. The second kappa shape index (κ2) is 10.7. The van der Waals surface area contributed by atoms with Gasteiger partial charge in [0.25, 0.3) is 5.56 Å². The average molecular weight is 485 g/mol. The Morgan fingerprint density at radius 1 is 1.06 bits per heavy atom. The third kappa shape index (κ3) is 4.98. The first kappa shape index (κ1) is 24.4. The van der Waals surface area contributed by atoms with Crippen LogP contribution in [0.1, 0.15) is 79.2 Å². The fourth-order valence-corrected chi connectivity index (χ4v) is 5.70. The highest BCUT2D eigenvalue weighted by atomic mass is 16.1. The number of hydrogen-bond acceptors (Lipinski definition) is 5. The summed E-state index contributed by atoms with van der Waals surface area (Å²) in [6, 6.07) is 17.1. The Balaban J connectivity index is 1.50. The third-order valence-corrected chi connectivity index (χ3v) is 7.78. The van der Waals surface area contributed by atoms with Gasteiger partial charge in [-0.3, -0.25) is 9.69 Å². The zero-order chi connectivity index (χ0) is 25.1. The second-order valence-corrected chi connectivity index (χ2v) is 10.2. The number of nitrogens with one attached hydrogen (secondary N) is 1. The van der Waals surface area contributed by atoms with Gasteiger partial charge in [-0.05, 0) is 78.1 Å². The fourth-order valence-electron chi connectivity index (χ4n) is 5.70. The molecule has 1 aliphatic carbocycles. The Hall–Kier alpha value is -3.32. The van der Waals surface area contributed by atoms with Crippen LogP contribution in [0.4, 0.5) is 0 Å². The Morgan fingerprint density at radius 2 is 1.83 bits per heavy atom. The molecule has 4 aromatic rings. The van der Waals surface area contributed by atoms with Crippen LogP contribution in [-0.4, -0.2) is 36.6 Å². The lowest BCUT2D eigenvalue weighted by atomic mass is 10.0. The average Bonchev–Trinajstić information content (AvgIpc) is 3.57. The monoisotopic (exact) mass is 484 g/mol. The summed E-state index contributed by atoms with van der Waals surface area (Å²) in [6.07, 6.45) is 6.47. The van der Waals surface area contributed by atoms with Gasteiger partial charge >= 0.3 is 0 Å². The van der Waals surface area contributed by atoms with Crippen LogP contribution in [0.2, 0.25) is 0 Å². The minimum absolute atomic E-state index is 0.0251. The van der Waals surface area contributed by atoms with Gasteiger partial charge in [0, 0.05) is 18.7 Å². The number of para-hydroxylation sites is 1. The number of benzene rings is 2. The van der Waals surface area contributed by atoms with Crippen LogP contribution in [0, 0.1) is 13.8 Å². The molecule has 2 heterocycles. The van der Waals surface area contributed by atoms with Gasteiger partial charge in [0.2, 0.25) is 0 Å². The van der Waals surface area contributed by atoms with E-state index in [0.29, 0.717) is 12.6 Å². The molecule has 0 spiro atoms. The van der Waals surface area contributed by atoms with E-state index in [1.807, 2.05) is 19.1 Å². The van der Waals surface area contributed by atoms with Gasteiger partial charge in [-0.25, -0.2) is 4.68 Å². The minimum atomic E-state index is -0.0251. The molecule has 5 rings (SSSR count). The number of aromatic amines is 1. The SMILES string of the molecule is CC[C@H](c1nnnn1C1CCCC1)N(CCc1ccccc1C)Cc1cc2cccc(C)c2[nH]c1=O. The molecular formula is C29H36N6O. The van der Waals surface area contributed by atoms with Crippen LogP contribution in [0.15, 0.2) is 53.3 Å². The van der Waals surface area contributed by atoms with E-state index in [4.69, 9.17) is 0 Å². The molecule has 7 nitrogen and oxygen atoms in total. The van der Waals surface area contributed by atoms with Crippen LogP contribution in [0.5, 0.6) is 0 Å². The molecule has 2 aromatic carbocycles. The van der Waals surface area contributed by atoms with Gasteiger partial charge in [-0.15, -0.1) is 5.10 Å². The van der Waals surface area contributed by atoms with Crippen molar-refractivity contribution >= 4 is 10.9 Å². The Morgan fingerprint density at radius 3 is 2.61 bits per heavy atom. The number of fused-ring (bicyclic) bond motifs is 1. The van der Waals surface area contributed by atoms with Crippen molar-refractivity contribution in [1.82, 2.24) is 30.1 Å². The van der Waals surface area contributed by atoms with Gasteiger partial charge in [0.05, 0.1) is 17.6 Å². The van der Waals surface area contributed by atoms with E-state index in [1.165, 1.54) is 24.0 Å². The fraction of sp³-hybridized carbons (Fsp3) is 0.448. The van der Waals surface area contributed by atoms with Crippen LogP contribution in [0.25, 0.3) is 10.9 Å². The number of aromatic nitrogens is 5. The second-order valence-electron chi connectivity index (χ2n) is 10.2. The van der Waals surface area contributed by atoms with Crippen LogP contribution < -0.4 is 5.56 Å². The van der Waals surface area contributed by atoms with Crippen molar-refractivity contribution in [3.05, 3.63) is 87.0 Å². The lowest BCUT2D eigenvalue weighted by Gasteiger charge is -2.31. The van der Waals surface area contributed by atoms with Crippen molar-refractivity contribution in [1.29, 1.82) is 0 Å². The first-order valence-corrected chi connectivity index (χ1v) is 13.2. The lowest BCUT2D eigenvalue weighted by molar-refractivity contribution is 0.169. The van der Waals surface area contributed by atoms with Crippen LogP contribution in [-0.2, 0) is 13.0 Å². The highest BCUT2D eigenvalue weighted by Gasteiger charge is 2.29. The Bertz CT molecular complexity index is 1380. The molecule has 188 valence electrons. The van der Waals surface area contributed by atoms with Gasteiger partial charge < -0.3 is 4.98 Å². The van der Waals surface area contributed by atoms with Gasteiger partial charge in [-0.1, -0.05) is 62.2 Å². The molecule has 0 amide bonds. The maximum atomic E-state index is 13.2. The zero-order valence-electron chi connectivity index (χ0n) is 21.6. The Labute approximate surface area is 212 Å². The molecular weight excluding hydrogens is 448 g/mol. The van der Waals surface area contributed by atoms with Crippen LogP contribution in [0.3, 0.4) is 0 Å². The predicted octanol–water partition coefficient (Wildman–Crippen LogP) is 5.44. The first-order chi connectivity index (χ1) is 17.5. The van der Waals surface area contributed by atoms with Gasteiger partial charge in [0.1, 0.15) is 0 Å². The molecule has 7 heteroatoms. The predicted molar refractivity (Wildman–Crippen MR) is 143 cm³/mol. The Kier molecular flexibility index (Phi) is 7.28. The summed E-state index contributed by atoms with van der Waals surface area (Å²) in [6.45, 7) is 7.73. The number of tetrazole rings is 1. The number of hydrogen-bond donors (Lipinski definition) is 1. The van der Waals surface area contributed by atoms with Gasteiger partial charge in [-0.2, -0.15) is 0 Å². The summed E-state index contributed by atoms with van der Waals surface area (Å²) in [5.74, 6) is 0.919. The molecule has 36 heavy (non-hydrogen) atoms. The summed E-state index contributed by atoms with van der Waals surface area (Å²) in [5, 5.41) is 14.1. The molecule has 0 bridgehead atoms. The summed E-state index contributed by atoms with van der Waals surface area (Å²) in [5.41, 5.74) is 5.36. The number of rotatable bonds is 9. The minimum Gasteiger partial charge on any atom is -0.321 e. The van der Waals surface area contributed by atoms with E-state index < -0.39 is 0 Å². The molecule has 0 radical (unpaired) electrons. The van der Waals surface area contributed by atoms with Crippen LogP contribution >= 0.6 is 0 Å². The van der Waals surface area contributed by atoms with Crippen molar-refractivity contribution in [2.75, 3.05) is 6.54 Å². The highest BCUT2D eigenvalue weighted by Crippen LogP contribution is 2.33. The molecule has 0 aliphatic heterocycles. The quantitative estimate of drug-likeness (QED) is 0.342. The van der Waals surface area contributed by atoms with E-state index in [0.717, 1.165) is 60.1 Å². The third-order valence-electron chi connectivity index (χ3n) is 7.78. The number of pyridine rings is 1.